The van der Waals surface area contributed by atoms with E-state index in [0.29, 0.717) is 6.54 Å². The van der Waals surface area contributed by atoms with E-state index in [0.717, 1.165) is 0 Å². The first kappa shape index (κ1) is 18.0. The minimum Gasteiger partial charge on any atom is -0.481 e. The first-order valence-corrected chi connectivity index (χ1v) is 7.01. The molecule has 0 radical (unpaired) electrons. The summed E-state index contributed by atoms with van der Waals surface area (Å²) in [4.78, 5) is 34.9. The van der Waals surface area contributed by atoms with Crippen LogP contribution in [0.15, 0.2) is 0 Å². The summed E-state index contributed by atoms with van der Waals surface area (Å²) in [6, 6.07) is -0.641. The predicted molar refractivity (Wildman–Crippen MR) is 78.4 cm³/mol. The number of amides is 3. The molecule has 0 aromatic rings. The van der Waals surface area contributed by atoms with E-state index in [9.17, 15) is 14.4 Å². The molecule has 1 fully saturated rings. The maximum absolute atomic E-state index is 11.9. The number of nitrogens with zero attached hydrogens (tertiary/aromatic N) is 1. The second-order valence-corrected chi connectivity index (χ2v) is 6.41. The Morgan fingerprint density at radius 2 is 1.86 bits per heavy atom. The summed E-state index contributed by atoms with van der Waals surface area (Å²) >= 11 is 0. The third-order valence-electron chi connectivity index (χ3n) is 3.05. The van der Waals surface area contributed by atoms with Crippen molar-refractivity contribution in [3.05, 3.63) is 0 Å². The highest BCUT2D eigenvalue weighted by Gasteiger charge is 2.47. The number of carbonyl (C=O) groups is 3. The first-order chi connectivity index (χ1) is 10.0. The van der Waals surface area contributed by atoms with Gasteiger partial charge in [0.15, 0.2) is 0 Å². The molecule has 1 heterocycles. The molecule has 0 unspecified atom stereocenters. The third kappa shape index (κ3) is 5.76. The van der Waals surface area contributed by atoms with E-state index < -0.39 is 29.2 Å². The van der Waals surface area contributed by atoms with Gasteiger partial charge in [0.2, 0.25) is 0 Å². The number of primary amides is 1. The summed E-state index contributed by atoms with van der Waals surface area (Å²) in [7, 11) is 0. The Morgan fingerprint density at radius 1 is 1.27 bits per heavy atom. The Hall–Kier alpha value is -2.03. The summed E-state index contributed by atoms with van der Waals surface area (Å²) in [5.41, 5.74) is 3.65. The van der Waals surface area contributed by atoms with Gasteiger partial charge in [-0.15, -0.1) is 0 Å². The van der Waals surface area contributed by atoms with Gasteiger partial charge >= 0.3 is 18.1 Å². The molecular formula is C13H24N4O5. The van der Waals surface area contributed by atoms with Crippen LogP contribution in [0.2, 0.25) is 0 Å². The van der Waals surface area contributed by atoms with Gasteiger partial charge < -0.3 is 31.1 Å². The second kappa shape index (κ2) is 6.82. The molecular weight excluding hydrogens is 292 g/mol. The summed E-state index contributed by atoms with van der Waals surface area (Å²) < 4.78 is 5.24. The van der Waals surface area contributed by atoms with E-state index in [-0.39, 0.29) is 26.1 Å². The first-order valence-electron chi connectivity index (χ1n) is 7.01. The van der Waals surface area contributed by atoms with Gasteiger partial charge in [0.05, 0.1) is 12.0 Å². The van der Waals surface area contributed by atoms with Crippen molar-refractivity contribution in [2.75, 3.05) is 26.2 Å². The number of rotatable bonds is 6. The number of hydrogen-bond acceptors (Lipinski definition) is 5. The Labute approximate surface area is 129 Å². The van der Waals surface area contributed by atoms with Crippen molar-refractivity contribution in [3.63, 3.8) is 0 Å². The number of nitrogens with two attached hydrogens (primary N) is 1. The third-order valence-corrected chi connectivity index (χ3v) is 3.05. The fourth-order valence-corrected chi connectivity index (χ4v) is 2.23. The highest BCUT2D eigenvalue weighted by molar-refractivity contribution is 5.73. The summed E-state index contributed by atoms with van der Waals surface area (Å²) in [5.74, 6) is -0.959. The lowest BCUT2D eigenvalue weighted by molar-refractivity contribution is -0.141. The molecule has 1 rings (SSSR count). The molecule has 0 aromatic heterocycles. The number of nitrogens with one attached hydrogen (secondary N) is 2. The number of aliphatic carboxylic acids is 1. The largest absolute Gasteiger partial charge is 0.481 e. The molecule has 126 valence electrons. The van der Waals surface area contributed by atoms with Crippen LogP contribution in [-0.2, 0) is 9.53 Å². The lowest BCUT2D eigenvalue weighted by atomic mass is 9.86. The Morgan fingerprint density at radius 3 is 2.32 bits per heavy atom. The topological polar surface area (TPSA) is 134 Å². The number of urea groups is 1. The van der Waals surface area contributed by atoms with Crippen molar-refractivity contribution in [1.82, 2.24) is 15.5 Å². The summed E-state index contributed by atoms with van der Waals surface area (Å²) in [5, 5.41) is 14.5. The Bertz CT molecular complexity index is 440. The number of carbonyl (C=O) groups excluding carboxylic acids is 2. The van der Waals surface area contributed by atoms with Gasteiger partial charge in [0.25, 0.3) is 0 Å². The van der Waals surface area contributed by atoms with Crippen LogP contribution < -0.4 is 16.4 Å². The van der Waals surface area contributed by atoms with Crippen molar-refractivity contribution < 1.29 is 24.2 Å². The molecule has 1 saturated heterocycles. The van der Waals surface area contributed by atoms with Crippen LogP contribution in [0.4, 0.5) is 9.59 Å². The van der Waals surface area contributed by atoms with Crippen LogP contribution in [0.1, 0.15) is 27.2 Å². The van der Waals surface area contributed by atoms with E-state index in [1.807, 2.05) is 0 Å². The second-order valence-electron chi connectivity index (χ2n) is 6.41. The normalized spacial score (nSPS) is 16.6. The number of likely N-dealkylation sites (tertiary alicyclic amines) is 1. The van der Waals surface area contributed by atoms with E-state index in [1.165, 1.54) is 4.90 Å². The maximum Gasteiger partial charge on any atom is 0.410 e. The van der Waals surface area contributed by atoms with Crippen molar-refractivity contribution in [2.45, 2.75) is 38.3 Å². The van der Waals surface area contributed by atoms with Crippen LogP contribution in [-0.4, -0.2) is 65.4 Å². The molecule has 22 heavy (non-hydrogen) atoms. The summed E-state index contributed by atoms with van der Waals surface area (Å²) in [6.07, 6.45) is -0.589. The number of hydrogen-bond donors (Lipinski definition) is 4. The van der Waals surface area contributed by atoms with Gasteiger partial charge in [-0.05, 0) is 20.8 Å². The van der Waals surface area contributed by atoms with Gasteiger partial charge in [-0.2, -0.15) is 0 Å². The molecule has 0 aliphatic carbocycles. The van der Waals surface area contributed by atoms with Crippen molar-refractivity contribution in [2.24, 2.45) is 5.73 Å². The predicted octanol–water partition coefficient (Wildman–Crippen LogP) is -0.291. The molecule has 0 aromatic carbocycles. The van der Waals surface area contributed by atoms with Crippen LogP contribution in [0.5, 0.6) is 0 Å². The maximum atomic E-state index is 11.9. The van der Waals surface area contributed by atoms with Gasteiger partial charge in [0, 0.05) is 26.2 Å². The van der Waals surface area contributed by atoms with E-state index in [2.05, 4.69) is 10.6 Å². The zero-order chi connectivity index (χ0) is 17.0. The lowest BCUT2D eigenvalue weighted by Gasteiger charge is -2.49. The molecule has 0 bridgehead atoms. The number of carboxylic acids is 1. The number of ether oxygens (including phenoxy) is 1. The highest BCUT2D eigenvalue weighted by Crippen LogP contribution is 2.26. The minimum absolute atomic E-state index is 0.122. The van der Waals surface area contributed by atoms with Gasteiger partial charge in [0.1, 0.15) is 5.60 Å². The van der Waals surface area contributed by atoms with Gasteiger partial charge in [-0.3, -0.25) is 4.79 Å². The van der Waals surface area contributed by atoms with E-state index in [1.54, 1.807) is 20.8 Å². The van der Waals surface area contributed by atoms with Crippen LogP contribution in [0.25, 0.3) is 0 Å². The molecule has 5 N–H and O–H groups in total. The Kier molecular flexibility index (Phi) is 5.59. The van der Waals surface area contributed by atoms with Gasteiger partial charge in [-0.1, -0.05) is 0 Å². The highest BCUT2D eigenvalue weighted by atomic mass is 16.6. The van der Waals surface area contributed by atoms with Gasteiger partial charge in [-0.25, -0.2) is 9.59 Å². The molecule has 9 heteroatoms. The molecule has 1 aliphatic heterocycles. The van der Waals surface area contributed by atoms with E-state index in [4.69, 9.17) is 15.6 Å². The molecule has 0 saturated carbocycles. The molecule has 3 amide bonds. The van der Waals surface area contributed by atoms with Crippen molar-refractivity contribution in [3.8, 4) is 0 Å². The zero-order valence-electron chi connectivity index (χ0n) is 13.1. The fourth-order valence-electron chi connectivity index (χ4n) is 2.23. The van der Waals surface area contributed by atoms with Crippen molar-refractivity contribution in [1.29, 1.82) is 0 Å². The standard InChI is InChI=1S/C13H24N4O5/c1-12(2,3)22-11(21)17-7-13(8-17,6-9(18)19)16-5-4-15-10(14)20/h16H,4-8H2,1-3H3,(H,18,19)(H3,14,15,20). The van der Waals surface area contributed by atoms with Crippen LogP contribution in [0, 0.1) is 0 Å². The average Bonchev–Trinajstić information content (AvgIpc) is 2.26. The minimum atomic E-state index is -0.959. The smallest absolute Gasteiger partial charge is 0.410 e. The molecule has 0 atom stereocenters. The molecule has 1 aliphatic rings. The average molecular weight is 316 g/mol. The Balaban J connectivity index is 2.50. The monoisotopic (exact) mass is 316 g/mol. The summed E-state index contributed by atoms with van der Waals surface area (Å²) in [6.45, 7) is 6.42. The zero-order valence-corrected chi connectivity index (χ0v) is 13.1. The SMILES string of the molecule is CC(C)(C)OC(=O)N1CC(CC(=O)O)(NCCNC(N)=O)C1. The quantitative estimate of drug-likeness (QED) is 0.497. The lowest BCUT2D eigenvalue weighted by Crippen LogP contribution is -2.71. The molecule has 0 spiro atoms. The molecule has 9 nitrogen and oxygen atoms in total. The van der Waals surface area contributed by atoms with Crippen molar-refractivity contribution >= 4 is 18.1 Å². The van der Waals surface area contributed by atoms with E-state index >= 15 is 0 Å². The van der Waals surface area contributed by atoms with Crippen LogP contribution >= 0.6 is 0 Å². The van der Waals surface area contributed by atoms with Crippen LogP contribution in [0.3, 0.4) is 0 Å². The fraction of sp³-hybridized carbons (Fsp3) is 0.769. The number of carboxylic acid groups (broad SMARTS) is 1.